The van der Waals surface area contributed by atoms with Crippen LogP contribution >= 0.6 is 0 Å². The highest BCUT2D eigenvalue weighted by molar-refractivity contribution is 4.84. The molecule has 1 unspecified atom stereocenters. The third-order valence-corrected chi connectivity index (χ3v) is 2.87. The van der Waals surface area contributed by atoms with Gasteiger partial charge in [-0.1, -0.05) is 26.2 Å². The fourth-order valence-electron chi connectivity index (χ4n) is 2.00. The molecule has 0 aliphatic heterocycles. The molecule has 0 amide bonds. The SMILES string of the molecule is CCC(O)CC1(O)CCCCC1. The molecule has 72 valence electrons. The van der Waals surface area contributed by atoms with Gasteiger partial charge in [-0.25, -0.2) is 0 Å². The van der Waals surface area contributed by atoms with Crippen molar-refractivity contribution in [3.8, 4) is 0 Å². The van der Waals surface area contributed by atoms with Gasteiger partial charge in [0.2, 0.25) is 0 Å². The molecule has 1 aliphatic carbocycles. The second-order valence-electron chi connectivity index (χ2n) is 4.05. The Bertz CT molecular complexity index is 128. The molecule has 0 aromatic heterocycles. The molecule has 0 aromatic carbocycles. The second-order valence-corrected chi connectivity index (χ2v) is 4.05. The van der Waals surface area contributed by atoms with E-state index in [0.717, 1.165) is 32.1 Å². The van der Waals surface area contributed by atoms with Crippen molar-refractivity contribution in [2.45, 2.75) is 63.6 Å². The number of aliphatic hydroxyl groups is 2. The number of hydrogen-bond acceptors (Lipinski definition) is 2. The average molecular weight is 172 g/mol. The topological polar surface area (TPSA) is 40.5 Å². The van der Waals surface area contributed by atoms with E-state index in [1.807, 2.05) is 6.92 Å². The van der Waals surface area contributed by atoms with Gasteiger partial charge in [0.15, 0.2) is 0 Å². The first-order chi connectivity index (χ1) is 5.66. The van der Waals surface area contributed by atoms with Gasteiger partial charge in [0.1, 0.15) is 0 Å². The van der Waals surface area contributed by atoms with Crippen LogP contribution in [0.25, 0.3) is 0 Å². The minimum absolute atomic E-state index is 0.312. The van der Waals surface area contributed by atoms with Gasteiger partial charge in [-0.2, -0.15) is 0 Å². The average Bonchev–Trinajstić information content (AvgIpc) is 2.05. The van der Waals surface area contributed by atoms with E-state index in [-0.39, 0.29) is 6.10 Å². The maximum atomic E-state index is 10.0. The zero-order chi connectivity index (χ0) is 9.03. The first-order valence-electron chi connectivity index (χ1n) is 5.07. The van der Waals surface area contributed by atoms with Crippen LogP contribution in [0.5, 0.6) is 0 Å². The summed E-state index contributed by atoms with van der Waals surface area (Å²) in [6, 6.07) is 0. The molecule has 2 N–H and O–H groups in total. The molecule has 1 saturated carbocycles. The Labute approximate surface area is 74.6 Å². The largest absolute Gasteiger partial charge is 0.393 e. The molecule has 1 rings (SSSR count). The maximum absolute atomic E-state index is 10.0. The molecule has 1 atom stereocenters. The van der Waals surface area contributed by atoms with Crippen LogP contribution in [0.4, 0.5) is 0 Å². The first kappa shape index (κ1) is 10.0. The van der Waals surface area contributed by atoms with E-state index in [2.05, 4.69) is 0 Å². The van der Waals surface area contributed by atoms with Crippen LogP contribution < -0.4 is 0 Å². The Morgan fingerprint density at radius 2 is 1.83 bits per heavy atom. The quantitative estimate of drug-likeness (QED) is 0.682. The Morgan fingerprint density at radius 3 is 2.33 bits per heavy atom. The van der Waals surface area contributed by atoms with Gasteiger partial charge >= 0.3 is 0 Å². The van der Waals surface area contributed by atoms with Gasteiger partial charge in [-0.3, -0.25) is 0 Å². The Morgan fingerprint density at radius 1 is 1.25 bits per heavy atom. The van der Waals surface area contributed by atoms with Crippen LogP contribution in [0, 0.1) is 0 Å². The van der Waals surface area contributed by atoms with Gasteiger partial charge in [0.25, 0.3) is 0 Å². The number of aliphatic hydroxyl groups excluding tert-OH is 1. The van der Waals surface area contributed by atoms with E-state index in [9.17, 15) is 10.2 Å². The van der Waals surface area contributed by atoms with E-state index in [1.54, 1.807) is 0 Å². The highest BCUT2D eigenvalue weighted by Gasteiger charge is 2.30. The van der Waals surface area contributed by atoms with E-state index in [1.165, 1.54) is 6.42 Å². The summed E-state index contributed by atoms with van der Waals surface area (Å²) in [5.74, 6) is 0. The first-order valence-corrected chi connectivity index (χ1v) is 5.07. The highest BCUT2D eigenvalue weighted by Crippen LogP contribution is 2.32. The van der Waals surface area contributed by atoms with Crippen molar-refractivity contribution in [3.63, 3.8) is 0 Å². The molecule has 0 aromatic rings. The van der Waals surface area contributed by atoms with Crippen molar-refractivity contribution in [1.82, 2.24) is 0 Å². The molecule has 2 heteroatoms. The molecule has 0 bridgehead atoms. The molecule has 0 radical (unpaired) electrons. The maximum Gasteiger partial charge on any atom is 0.0672 e. The van der Waals surface area contributed by atoms with Crippen molar-refractivity contribution < 1.29 is 10.2 Å². The molecule has 0 saturated heterocycles. The van der Waals surface area contributed by atoms with E-state index in [4.69, 9.17) is 0 Å². The summed E-state index contributed by atoms with van der Waals surface area (Å²) < 4.78 is 0. The molecule has 1 fully saturated rings. The highest BCUT2D eigenvalue weighted by atomic mass is 16.3. The summed E-state index contributed by atoms with van der Waals surface area (Å²) in [5, 5.41) is 19.4. The van der Waals surface area contributed by atoms with E-state index in [0.29, 0.717) is 6.42 Å². The molecule has 0 heterocycles. The third kappa shape index (κ3) is 2.76. The zero-order valence-corrected chi connectivity index (χ0v) is 7.92. The minimum Gasteiger partial charge on any atom is -0.393 e. The van der Waals surface area contributed by atoms with Crippen LogP contribution in [-0.4, -0.2) is 21.9 Å². The van der Waals surface area contributed by atoms with Gasteiger partial charge in [0, 0.05) is 6.42 Å². The van der Waals surface area contributed by atoms with Crippen molar-refractivity contribution >= 4 is 0 Å². The molecule has 12 heavy (non-hydrogen) atoms. The molecular formula is C10H20O2. The van der Waals surface area contributed by atoms with Gasteiger partial charge < -0.3 is 10.2 Å². The summed E-state index contributed by atoms with van der Waals surface area (Å²) in [6.07, 6.45) is 6.25. The lowest BCUT2D eigenvalue weighted by Gasteiger charge is -2.33. The minimum atomic E-state index is -0.548. The molecule has 1 aliphatic rings. The van der Waals surface area contributed by atoms with Crippen molar-refractivity contribution in [2.24, 2.45) is 0 Å². The standard InChI is InChI=1S/C10H20O2/c1-2-9(11)8-10(12)6-4-3-5-7-10/h9,11-12H,2-8H2,1H3. The van der Waals surface area contributed by atoms with Crippen LogP contribution in [-0.2, 0) is 0 Å². The van der Waals surface area contributed by atoms with Crippen LogP contribution in [0.1, 0.15) is 51.9 Å². The predicted molar refractivity (Wildman–Crippen MR) is 48.9 cm³/mol. The Balaban J connectivity index is 2.35. The summed E-state index contributed by atoms with van der Waals surface area (Å²) in [4.78, 5) is 0. The Kier molecular flexibility index (Phi) is 3.53. The smallest absolute Gasteiger partial charge is 0.0672 e. The fourth-order valence-corrected chi connectivity index (χ4v) is 2.00. The van der Waals surface area contributed by atoms with E-state index >= 15 is 0 Å². The monoisotopic (exact) mass is 172 g/mol. The van der Waals surface area contributed by atoms with Crippen LogP contribution in [0.2, 0.25) is 0 Å². The van der Waals surface area contributed by atoms with Gasteiger partial charge in [-0.15, -0.1) is 0 Å². The van der Waals surface area contributed by atoms with Gasteiger partial charge in [-0.05, 0) is 19.3 Å². The van der Waals surface area contributed by atoms with Crippen molar-refractivity contribution in [2.75, 3.05) is 0 Å². The molecule has 0 spiro atoms. The fraction of sp³-hybridized carbons (Fsp3) is 1.00. The lowest BCUT2D eigenvalue weighted by molar-refractivity contribution is -0.0380. The second kappa shape index (κ2) is 4.24. The van der Waals surface area contributed by atoms with Crippen molar-refractivity contribution in [3.05, 3.63) is 0 Å². The van der Waals surface area contributed by atoms with Crippen LogP contribution in [0.15, 0.2) is 0 Å². The number of rotatable bonds is 3. The lowest BCUT2D eigenvalue weighted by atomic mass is 9.81. The summed E-state index contributed by atoms with van der Waals surface area (Å²) >= 11 is 0. The Hall–Kier alpha value is -0.0800. The lowest BCUT2D eigenvalue weighted by Crippen LogP contribution is -2.35. The van der Waals surface area contributed by atoms with E-state index < -0.39 is 5.60 Å². The number of hydrogen-bond donors (Lipinski definition) is 2. The van der Waals surface area contributed by atoms with Gasteiger partial charge in [0.05, 0.1) is 11.7 Å². The van der Waals surface area contributed by atoms with Crippen LogP contribution in [0.3, 0.4) is 0 Å². The summed E-state index contributed by atoms with van der Waals surface area (Å²) in [7, 11) is 0. The summed E-state index contributed by atoms with van der Waals surface area (Å²) in [5.41, 5.74) is -0.548. The molecule has 2 nitrogen and oxygen atoms in total. The molecular weight excluding hydrogens is 152 g/mol. The summed E-state index contributed by atoms with van der Waals surface area (Å²) in [6.45, 7) is 1.96. The normalized spacial score (nSPS) is 25.2. The third-order valence-electron chi connectivity index (χ3n) is 2.87. The zero-order valence-electron chi connectivity index (χ0n) is 7.92. The predicted octanol–water partition coefficient (Wildman–Crippen LogP) is 1.84. The van der Waals surface area contributed by atoms with Crippen molar-refractivity contribution in [1.29, 1.82) is 0 Å².